The van der Waals surface area contributed by atoms with Crippen LogP contribution in [0.4, 0.5) is 10.1 Å². The van der Waals surface area contributed by atoms with Crippen molar-refractivity contribution in [2.75, 3.05) is 11.9 Å². The molecule has 4 nitrogen and oxygen atoms in total. The van der Waals surface area contributed by atoms with Gasteiger partial charge in [0.1, 0.15) is 17.6 Å². The van der Waals surface area contributed by atoms with Gasteiger partial charge in [-0.05, 0) is 36.8 Å². The summed E-state index contributed by atoms with van der Waals surface area (Å²) < 4.78 is 18.9. The summed E-state index contributed by atoms with van der Waals surface area (Å²) in [4.78, 5) is 11.7. The average molecular weight is 284 g/mol. The van der Waals surface area contributed by atoms with Gasteiger partial charge in [-0.15, -0.1) is 0 Å². The second-order valence-corrected chi connectivity index (χ2v) is 4.43. The zero-order chi connectivity index (χ0) is 15.2. The number of aryl methyl sites for hydroxylation is 1. The van der Waals surface area contributed by atoms with Crippen LogP contribution in [0.15, 0.2) is 42.5 Å². The van der Waals surface area contributed by atoms with Crippen molar-refractivity contribution in [3.05, 3.63) is 59.4 Å². The van der Waals surface area contributed by atoms with Gasteiger partial charge in [0.05, 0.1) is 11.3 Å². The molecule has 0 unspecified atom stereocenters. The SMILES string of the molecule is Cc1ccc(NC(=O)COc2ccccc2C#N)c(F)c1. The Hall–Kier alpha value is -2.87. The highest BCUT2D eigenvalue weighted by Gasteiger charge is 2.09. The summed E-state index contributed by atoms with van der Waals surface area (Å²) in [6.07, 6.45) is 0. The lowest BCUT2D eigenvalue weighted by molar-refractivity contribution is -0.118. The first-order valence-corrected chi connectivity index (χ1v) is 6.28. The maximum Gasteiger partial charge on any atom is 0.262 e. The van der Waals surface area contributed by atoms with Crippen LogP contribution in [0, 0.1) is 24.1 Å². The Kier molecular flexibility index (Phi) is 4.52. The lowest BCUT2D eigenvalue weighted by Gasteiger charge is -2.09. The molecule has 5 heteroatoms. The van der Waals surface area contributed by atoms with E-state index in [1.165, 1.54) is 12.1 Å². The third-order valence-electron chi connectivity index (χ3n) is 2.76. The smallest absolute Gasteiger partial charge is 0.262 e. The quantitative estimate of drug-likeness (QED) is 0.938. The van der Waals surface area contributed by atoms with E-state index in [1.54, 1.807) is 37.3 Å². The molecular weight excluding hydrogens is 271 g/mol. The molecule has 0 aliphatic rings. The number of halogens is 1. The number of carbonyl (C=O) groups is 1. The summed E-state index contributed by atoms with van der Waals surface area (Å²) >= 11 is 0. The summed E-state index contributed by atoms with van der Waals surface area (Å²) in [7, 11) is 0. The molecule has 0 saturated heterocycles. The minimum atomic E-state index is -0.499. The van der Waals surface area contributed by atoms with Crippen LogP contribution in [0.5, 0.6) is 5.75 Å². The second kappa shape index (κ2) is 6.53. The Morgan fingerprint density at radius 2 is 2.10 bits per heavy atom. The summed E-state index contributed by atoms with van der Waals surface area (Å²) in [6, 6.07) is 13.1. The van der Waals surface area contributed by atoms with Gasteiger partial charge in [-0.3, -0.25) is 4.79 Å². The van der Waals surface area contributed by atoms with Crippen molar-refractivity contribution >= 4 is 11.6 Å². The molecule has 21 heavy (non-hydrogen) atoms. The molecule has 0 spiro atoms. The number of para-hydroxylation sites is 1. The molecule has 0 aliphatic carbocycles. The zero-order valence-electron chi connectivity index (χ0n) is 11.4. The minimum Gasteiger partial charge on any atom is -0.482 e. The Labute approximate surface area is 121 Å². The van der Waals surface area contributed by atoms with Crippen LogP contribution in [-0.2, 0) is 4.79 Å². The fourth-order valence-electron chi connectivity index (χ4n) is 1.74. The van der Waals surface area contributed by atoms with E-state index in [2.05, 4.69) is 5.32 Å². The molecule has 0 aliphatic heterocycles. The Bertz CT molecular complexity index is 708. The normalized spacial score (nSPS) is 9.76. The summed E-state index contributed by atoms with van der Waals surface area (Å²) in [5, 5.41) is 11.3. The van der Waals surface area contributed by atoms with E-state index in [0.29, 0.717) is 11.3 Å². The predicted molar refractivity (Wildman–Crippen MR) is 76.4 cm³/mol. The van der Waals surface area contributed by atoms with Crippen molar-refractivity contribution in [3.63, 3.8) is 0 Å². The maximum atomic E-state index is 13.6. The van der Waals surface area contributed by atoms with Gasteiger partial charge in [0.25, 0.3) is 5.91 Å². The van der Waals surface area contributed by atoms with Crippen molar-refractivity contribution in [3.8, 4) is 11.8 Å². The number of carbonyl (C=O) groups excluding carboxylic acids is 1. The van der Waals surface area contributed by atoms with Crippen LogP contribution < -0.4 is 10.1 Å². The van der Waals surface area contributed by atoms with Gasteiger partial charge in [-0.1, -0.05) is 18.2 Å². The van der Waals surface area contributed by atoms with Crippen LogP contribution in [0.3, 0.4) is 0 Å². The molecular formula is C16H13FN2O2. The largest absolute Gasteiger partial charge is 0.482 e. The molecule has 1 N–H and O–H groups in total. The molecule has 0 saturated carbocycles. The molecule has 0 bridgehead atoms. The molecule has 0 radical (unpaired) electrons. The standard InChI is InChI=1S/C16H13FN2O2/c1-11-6-7-14(13(17)8-11)19-16(20)10-21-15-5-3-2-4-12(15)9-18/h2-8H,10H2,1H3,(H,19,20). The number of nitrogens with one attached hydrogen (secondary N) is 1. The highest BCUT2D eigenvalue weighted by Crippen LogP contribution is 2.17. The highest BCUT2D eigenvalue weighted by molar-refractivity contribution is 5.92. The van der Waals surface area contributed by atoms with Gasteiger partial charge in [-0.25, -0.2) is 4.39 Å². The van der Waals surface area contributed by atoms with Crippen molar-refractivity contribution < 1.29 is 13.9 Å². The van der Waals surface area contributed by atoms with Crippen LogP contribution >= 0.6 is 0 Å². The van der Waals surface area contributed by atoms with E-state index in [1.807, 2.05) is 6.07 Å². The Morgan fingerprint density at radius 3 is 2.81 bits per heavy atom. The second-order valence-electron chi connectivity index (χ2n) is 4.43. The molecule has 2 aromatic rings. The topological polar surface area (TPSA) is 62.1 Å². The maximum absolute atomic E-state index is 13.6. The van der Waals surface area contributed by atoms with Crippen molar-refractivity contribution in [1.29, 1.82) is 5.26 Å². The Balaban J connectivity index is 1.98. The lowest BCUT2D eigenvalue weighted by atomic mass is 10.2. The van der Waals surface area contributed by atoms with Crippen LogP contribution in [0.2, 0.25) is 0 Å². The number of nitriles is 1. The summed E-state index contributed by atoms with van der Waals surface area (Å²) in [5.41, 5.74) is 1.21. The number of amides is 1. The minimum absolute atomic E-state index is 0.0998. The van der Waals surface area contributed by atoms with Gasteiger partial charge in [0.15, 0.2) is 6.61 Å². The van der Waals surface area contributed by atoms with E-state index in [4.69, 9.17) is 10.00 Å². The molecule has 0 atom stereocenters. The van der Waals surface area contributed by atoms with Gasteiger partial charge < -0.3 is 10.1 Å². The molecule has 0 fully saturated rings. The fraction of sp³-hybridized carbons (Fsp3) is 0.125. The highest BCUT2D eigenvalue weighted by atomic mass is 19.1. The number of anilines is 1. The van der Waals surface area contributed by atoms with E-state index in [0.717, 1.165) is 5.56 Å². The number of ether oxygens (including phenoxy) is 1. The third kappa shape index (κ3) is 3.80. The van der Waals surface area contributed by atoms with E-state index >= 15 is 0 Å². The average Bonchev–Trinajstić information content (AvgIpc) is 2.48. The first kappa shape index (κ1) is 14.5. The van der Waals surface area contributed by atoms with Crippen molar-refractivity contribution in [2.24, 2.45) is 0 Å². The molecule has 1 amide bonds. The van der Waals surface area contributed by atoms with Gasteiger partial charge >= 0.3 is 0 Å². The molecule has 2 rings (SSSR count). The first-order chi connectivity index (χ1) is 10.1. The first-order valence-electron chi connectivity index (χ1n) is 6.28. The number of rotatable bonds is 4. The fourth-order valence-corrected chi connectivity index (χ4v) is 1.74. The summed E-state index contributed by atoms with van der Waals surface area (Å²) in [5.74, 6) is -0.675. The van der Waals surface area contributed by atoms with E-state index in [-0.39, 0.29) is 12.3 Å². The number of nitrogens with zero attached hydrogens (tertiary/aromatic N) is 1. The number of benzene rings is 2. The van der Waals surface area contributed by atoms with Gasteiger partial charge in [-0.2, -0.15) is 5.26 Å². The zero-order valence-corrected chi connectivity index (χ0v) is 11.4. The van der Waals surface area contributed by atoms with E-state index in [9.17, 15) is 9.18 Å². The molecule has 0 heterocycles. The van der Waals surface area contributed by atoms with Gasteiger partial charge in [0.2, 0.25) is 0 Å². The van der Waals surface area contributed by atoms with Crippen molar-refractivity contribution in [1.82, 2.24) is 0 Å². The lowest BCUT2D eigenvalue weighted by Crippen LogP contribution is -2.21. The third-order valence-corrected chi connectivity index (χ3v) is 2.76. The molecule has 2 aromatic carbocycles. The van der Waals surface area contributed by atoms with Crippen LogP contribution in [0.1, 0.15) is 11.1 Å². The van der Waals surface area contributed by atoms with Crippen molar-refractivity contribution in [2.45, 2.75) is 6.92 Å². The van der Waals surface area contributed by atoms with Crippen LogP contribution in [-0.4, -0.2) is 12.5 Å². The predicted octanol–water partition coefficient (Wildman–Crippen LogP) is 3.02. The van der Waals surface area contributed by atoms with Crippen LogP contribution in [0.25, 0.3) is 0 Å². The number of hydrogen-bond acceptors (Lipinski definition) is 3. The number of hydrogen-bond donors (Lipinski definition) is 1. The molecule has 0 aromatic heterocycles. The monoisotopic (exact) mass is 284 g/mol. The van der Waals surface area contributed by atoms with E-state index < -0.39 is 11.7 Å². The molecule has 106 valence electrons. The van der Waals surface area contributed by atoms with Gasteiger partial charge in [0, 0.05) is 0 Å². The Morgan fingerprint density at radius 1 is 1.33 bits per heavy atom. The summed E-state index contributed by atoms with van der Waals surface area (Å²) in [6.45, 7) is 1.46.